The first-order valence-electron chi connectivity index (χ1n) is 12.1. The number of nitrogens with zero attached hydrogens (tertiary/aromatic N) is 4. The number of amides is 1. The lowest BCUT2D eigenvalue weighted by Crippen LogP contribution is -2.23. The number of carbonyl (C=O) groups excluding carboxylic acids is 1. The van der Waals surface area contributed by atoms with Crippen molar-refractivity contribution in [3.8, 4) is 34.3 Å². The van der Waals surface area contributed by atoms with E-state index in [1.165, 1.54) is 23.1 Å². The maximum atomic E-state index is 12.7. The molecule has 3 heterocycles. The molecule has 11 heteroatoms. The second-order valence-corrected chi connectivity index (χ2v) is 10.4. The number of aromatic nitrogens is 4. The van der Waals surface area contributed by atoms with Gasteiger partial charge in [0.25, 0.3) is 5.91 Å². The molecule has 1 amide bonds. The van der Waals surface area contributed by atoms with Gasteiger partial charge < -0.3 is 19.5 Å². The minimum absolute atomic E-state index is 0.217. The summed E-state index contributed by atoms with van der Waals surface area (Å²) in [6, 6.07) is 23.3. The van der Waals surface area contributed by atoms with Gasteiger partial charge in [0.15, 0.2) is 22.5 Å². The fourth-order valence-corrected chi connectivity index (χ4v) is 5.80. The Morgan fingerprint density at radius 3 is 2.79 bits per heavy atom. The van der Waals surface area contributed by atoms with Gasteiger partial charge in [0.2, 0.25) is 6.79 Å². The molecule has 0 radical (unpaired) electrons. The fraction of sp³-hybridized carbons (Fsp3) is 0.143. The van der Waals surface area contributed by atoms with Crippen molar-refractivity contribution < 1.29 is 19.0 Å². The van der Waals surface area contributed by atoms with Crippen molar-refractivity contribution in [1.82, 2.24) is 25.1 Å². The maximum absolute atomic E-state index is 12.7. The van der Waals surface area contributed by atoms with Gasteiger partial charge in [0, 0.05) is 23.2 Å². The molecular formula is C28H23N5O4S2. The number of benzene rings is 3. The van der Waals surface area contributed by atoms with Crippen LogP contribution in [-0.4, -0.2) is 39.6 Å². The largest absolute Gasteiger partial charge is 0.497 e. The molecule has 6 rings (SSSR count). The maximum Gasteiger partial charge on any atom is 0.271 e. The van der Waals surface area contributed by atoms with Crippen LogP contribution in [-0.2, 0) is 12.3 Å². The molecule has 1 N–H and O–H groups in total. The van der Waals surface area contributed by atoms with Crippen molar-refractivity contribution in [3.63, 3.8) is 0 Å². The topological polar surface area (TPSA) is 100 Å². The third-order valence-corrected chi connectivity index (χ3v) is 7.95. The van der Waals surface area contributed by atoms with Crippen LogP contribution in [0.3, 0.4) is 0 Å². The van der Waals surface area contributed by atoms with Crippen molar-refractivity contribution in [2.45, 2.75) is 17.5 Å². The van der Waals surface area contributed by atoms with Crippen LogP contribution in [0.15, 0.2) is 83.3 Å². The van der Waals surface area contributed by atoms with E-state index in [1.807, 2.05) is 77.4 Å². The molecular weight excluding hydrogens is 534 g/mol. The lowest BCUT2D eigenvalue weighted by Gasteiger charge is -2.10. The van der Waals surface area contributed by atoms with Crippen molar-refractivity contribution in [2.24, 2.45) is 0 Å². The van der Waals surface area contributed by atoms with E-state index >= 15 is 0 Å². The fourth-order valence-electron chi connectivity index (χ4n) is 4.05. The van der Waals surface area contributed by atoms with Gasteiger partial charge in [-0.05, 0) is 42.0 Å². The number of ether oxygens (including phenoxy) is 3. The number of thiazole rings is 1. The number of thioether (sulfide) groups is 1. The predicted octanol–water partition coefficient (Wildman–Crippen LogP) is 5.35. The van der Waals surface area contributed by atoms with Crippen molar-refractivity contribution in [2.75, 3.05) is 13.9 Å². The third kappa shape index (κ3) is 5.45. The number of methoxy groups -OCH3 is 1. The van der Waals surface area contributed by atoms with E-state index in [9.17, 15) is 4.79 Å². The van der Waals surface area contributed by atoms with E-state index in [1.54, 1.807) is 12.5 Å². The summed E-state index contributed by atoms with van der Waals surface area (Å²) in [7, 11) is 1.64. The van der Waals surface area contributed by atoms with Gasteiger partial charge in [-0.2, -0.15) is 0 Å². The molecule has 2 aromatic heterocycles. The number of hydrogen-bond donors (Lipinski definition) is 1. The molecule has 9 nitrogen and oxygen atoms in total. The lowest BCUT2D eigenvalue weighted by molar-refractivity contribution is 0.0946. The van der Waals surface area contributed by atoms with Crippen molar-refractivity contribution in [1.29, 1.82) is 0 Å². The van der Waals surface area contributed by atoms with Crippen LogP contribution < -0.4 is 19.5 Å². The molecule has 0 aliphatic carbocycles. The molecule has 0 unspecified atom stereocenters. The number of para-hydroxylation sites is 1. The first-order chi connectivity index (χ1) is 19.2. The number of carbonyl (C=O) groups is 1. The molecule has 0 saturated heterocycles. The Kier molecular flexibility index (Phi) is 7.15. The lowest BCUT2D eigenvalue weighted by atomic mass is 10.2. The Bertz CT molecular complexity index is 1620. The van der Waals surface area contributed by atoms with E-state index < -0.39 is 0 Å². The van der Waals surface area contributed by atoms with Gasteiger partial charge in [-0.25, -0.2) is 4.98 Å². The smallest absolute Gasteiger partial charge is 0.271 e. The first-order valence-corrected chi connectivity index (χ1v) is 13.9. The average Bonchev–Trinajstić information content (AvgIpc) is 3.74. The minimum atomic E-state index is -0.229. The van der Waals surface area contributed by atoms with Crippen molar-refractivity contribution in [3.05, 3.63) is 94.4 Å². The highest BCUT2D eigenvalue weighted by molar-refractivity contribution is 7.98. The number of fused-ring (bicyclic) bond motifs is 1. The highest BCUT2D eigenvalue weighted by Crippen LogP contribution is 2.33. The van der Waals surface area contributed by atoms with Gasteiger partial charge in [0.05, 0.1) is 12.9 Å². The van der Waals surface area contributed by atoms with E-state index in [-0.39, 0.29) is 12.7 Å². The SMILES string of the molecule is COc1cccc(-c2nnc(SCc3nc(C(=O)NCc4ccc5c(c4)OCO5)cs3)n2-c2ccccc2)c1. The van der Waals surface area contributed by atoms with E-state index in [2.05, 4.69) is 20.5 Å². The van der Waals surface area contributed by atoms with Crippen molar-refractivity contribution >= 4 is 29.0 Å². The molecule has 39 heavy (non-hydrogen) atoms. The monoisotopic (exact) mass is 557 g/mol. The summed E-state index contributed by atoms with van der Waals surface area (Å²) < 4.78 is 18.2. The van der Waals surface area contributed by atoms with Crippen LogP contribution in [0.4, 0.5) is 0 Å². The summed E-state index contributed by atoms with van der Waals surface area (Å²) in [5.41, 5.74) is 3.15. The normalized spacial score (nSPS) is 11.9. The van der Waals surface area contributed by atoms with Gasteiger partial charge in [-0.15, -0.1) is 21.5 Å². The third-order valence-electron chi connectivity index (χ3n) is 5.97. The summed E-state index contributed by atoms with van der Waals surface area (Å²) in [5.74, 6) is 3.18. The molecule has 0 spiro atoms. The molecule has 1 aliphatic heterocycles. The molecule has 1 aliphatic rings. The molecule has 0 fully saturated rings. The Morgan fingerprint density at radius 1 is 1.05 bits per heavy atom. The highest BCUT2D eigenvalue weighted by Gasteiger charge is 2.19. The molecule has 0 atom stereocenters. The van der Waals surface area contributed by atoms with Crippen LogP contribution in [0.25, 0.3) is 17.1 Å². The molecule has 3 aromatic carbocycles. The Labute approximate surface area is 232 Å². The molecule has 196 valence electrons. The zero-order valence-corrected chi connectivity index (χ0v) is 22.5. The van der Waals surface area contributed by atoms with Crippen LogP contribution in [0.5, 0.6) is 17.2 Å². The first kappa shape index (κ1) is 25.0. The van der Waals surface area contributed by atoms with E-state index in [0.29, 0.717) is 35.3 Å². The van der Waals surface area contributed by atoms with Crippen LogP contribution in [0.2, 0.25) is 0 Å². The molecule has 0 saturated carbocycles. The minimum Gasteiger partial charge on any atom is -0.497 e. The summed E-state index contributed by atoms with van der Waals surface area (Å²) in [4.78, 5) is 17.3. The zero-order valence-electron chi connectivity index (χ0n) is 20.9. The number of nitrogens with one attached hydrogen (secondary N) is 1. The summed E-state index contributed by atoms with van der Waals surface area (Å²) in [6.07, 6.45) is 0. The summed E-state index contributed by atoms with van der Waals surface area (Å²) in [6.45, 7) is 0.582. The molecule has 0 bridgehead atoms. The van der Waals surface area contributed by atoms with Gasteiger partial charge in [-0.1, -0.05) is 48.2 Å². The average molecular weight is 558 g/mol. The van der Waals surface area contributed by atoms with Gasteiger partial charge in [-0.3, -0.25) is 9.36 Å². The highest BCUT2D eigenvalue weighted by atomic mass is 32.2. The van der Waals surface area contributed by atoms with Crippen LogP contribution in [0.1, 0.15) is 21.1 Å². The number of hydrogen-bond acceptors (Lipinski definition) is 9. The second-order valence-electron chi connectivity index (χ2n) is 8.49. The standard InChI is InChI=1S/C28H23N5O4S2/c1-35-21-9-5-6-19(13-21)26-31-32-28(33(26)20-7-3-2-4-8-20)39-16-25-30-22(15-38-25)27(34)29-14-18-10-11-23-24(12-18)37-17-36-23/h2-13,15H,14,16-17H2,1H3,(H,29,34). The summed E-state index contributed by atoms with van der Waals surface area (Å²) in [5, 5.41) is 15.2. The summed E-state index contributed by atoms with van der Waals surface area (Å²) >= 11 is 2.96. The van der Waals surface area contributed by atoms with E-state index in [0.717, 1.165) is 32.7 Å². The quantitative estimate of drug-likeness (QED) is 0.242. The number of rotatable bonds is 9. The second kappa shape index (κ2) is 11.2. The molecule has 5 aromatic rings. The van der Waals surface area contributed by atoms with Gasteiger partial charge >= 0.3 is 0 Å². The van der Waals surface area contributed by atoms with Crippen LogP contribution >= 0.6 is 23.1 Å². The van der Waals surface area contributed by atoms with E-state index in [4.69, 9.17) is 14.2 Å². The Balaban J connectivity index is 1.15. The van der Waals surface area contributed by atoms with Gasteiger partial charge in [0.1, 0.15) is 16.5 Å². The van der Waals surface area contributed by atoms with Crippen LogP contribution in [0, 0.1) is 0 Å². The Morgan fingerprint density at radius 2 is 1.92 bits per heavy atom. The predicted molar refractivity (Wildman–Crippen MR) is 149 cm³/mol. The Hall–Kier alpha value is -4.35. The zero-order chi connectivity index (χ0) is 26.6.